The first-order valence-corrected chi connectivity index (χ1v) is 14.5. The van der Waals surface area contributed by atoms with E-state index in [1.54, 1.807) is 43.3 Å². The average molecular weight is 584 g/mol. The summed E-state index contributed by atoms with van der Waals surface area (Å²) >= 11 is 0. The van der Waals surface area contributed by atoms with Crippen LogP contribution in [0.5, 0.6) is 11.5 Å². The van der Waals surface area contributed by atoms with Crippen molar-refractivity contribution in [3.05, 3.63) is 78.1 Å². The van der Waals surface area contributed by atoms with Crippen molar-refractivity contribution >= 4 is 33.2 Å². The van der Waals surface area contributed by atoms with E-state index in [1.165, 1.54) is 30.3 Å². The van der Waals surface area contributed by atoms with Gasteiger partial charge in [-0.1, -0.05) is 12.1 Å². The summed E-state index contributed by atoms with van der Waals surface area (Å²) < 4.78 is 58.9. The quantitative estimate of drug-likeness (QED) is 0.430. The van der Waals surface area contributed by atoms with Gasteiger partial charge in [0.1, 0.15) is 30.0 Å². The lowest BCUT2D eigenvalue weighted by Crippen LogP contribution is -2.53. The van der Waals surface area contributed by atoms with Crippen LogP contribution in [0.15, 0.2) is 71.6 Å². The zero-order valence-electron chi connectivity index (χ0n) is 22.5. The molecule has 0 bridgehead atoms. The molecule has 3 atom stereocenters. The number of carbonyl (C=O) groups excluding carboxylic acids is 2. The van der Waals surface area contributed by atoms with E-state index < -0.39 is 21.9 Å². The van der Waals surface area contributed by atoms with E-state index in [9.17, 15) is 22.4 Å². The van der Waals surface area contributed by atoms with Gasteiger partial charge in [0.05, 0.1) is 36.1 Å². The topological polar surface area (TPSA) is 123 Å². The first kappa shape index (κ1) is 28.4. The lowest BCUT2D eigenvalue weighted by molar-refractivity contribution is -0.130. The second-order valence-electron chi connectivity index (χ2n) is 9.93. The Morgan fingerprint density at radius 3 is 2.66 bits per heavy atom. The first-order valence-electron chi connectivity index (χ1n) is 13.0. The number of hydrogen-bond acceptors (Lipinski definition) is 7. The van der Waals surface area contributed by atoms with E-state index in [0.717, 1.165) is 12.1 Å². The van der Waals surface area contributed by atoms with E-state index in [0.29, 0.717) is 24.3 Å². The van der Waals surface area contributed by atoms with Crippen molar-refractivity contribution in [2.24, 2.45) is 0 Å². The van der Waals surface area contributed by atoms with Crippen LogP contribution < -0.4 is 19.5 Å². The molecule has 41 heavy (non-hydrogen) atoms. The summed E-state index contributed by atoms with van der Waals surface area (Å²) in [6, 6.07) is 15.8. The fourth-order valence-electron chi connectivity index (χ4n) is 5.06. The van der Waals surface area contributed by atoms with Crippen molar-refractivity contribution in [2.45, 2.75) is 42.4 Å². The number of carbonyl (C=O) groups is 2. The van der Waals surface area contributed by atoms with Crippen LogP contribution in [0, 0.1) is 5.82 Å². The maximum atomic E-state index is 13.6. The SMILES string of the molecule is COc1cccc(NC(=O)C[C@H]2CC[C@H]3[C@H](COc4ccc(NS(=O)(=O)c5cccc(F)c5)cc4C(=O)N3C)O2)c1. The van der Waals surface area contributed by atoms with Crippen molar-refractivity contribution in [3.8, 4) is 11.5 Å². The van der Waals surface area contributed by atoms with Gasteiger partial charge in [-0.3, -0.25) is 14.3 Å². The predicted octanol–water partition coefficient (Wildman–Crippen LogP) is 4.04. The summed E-state index contributed by atoms with van der Waals surface area (Å²) in [7, 11) is -0.863. The zero-order valence-corrected chi connectivity index (χ0v) is 23.3. The van der Waals surface area contributed by atoms with Crippen LogP contribution in [0.1, 0.15) is 29.6 Å². The van der Waals surface area contributed by atoms with Gasteiger partial charge in [0.25, 0.3) is 15.9 Å². The number of nitrogens with one attached hydrogen (secondary N) is 2. The molecule has 2 aliphatic rings. The van der Waals surface area contributed by atoms with Crippen LogP contribution in [-0.2, 0) is 19.6 Å². The average Bonchev–Trinajstić information content (AvgIpc) is 2.95. The minimum atomic E-state index is -4.08. The second-order valence-corrected chi connectivity index (χ2v) is 11.6. The smallest absolute Gasteiger partial charge is 0.261 e. The van der Waals surface area contributed by atoms with Gasteiger partial charge < -0.3 is 24.4 Å². The van der Waals surface area contributed by atoms with Crippen LogP contribution in [0.25, 0.3) is 0 Å². The van der Waals surface area contributed by atoms with E-state index in [2.05, 4.69) is 10.0 Å². The summed E-state index contributed by atoms with van der Waals surface area (Å²) in [5.41, 5.74) is 0.944. The van der Waals surface area contributed by atoms with Crippen molar-refractivity contribution < 1.29 is 36.6 Å². The molecule has 0 saturated carbocycles. The molecule has 0 aliphatic carbocycles. The van der Waals surface area contributed by atoms with Crippen molar-refractivity contribution in [3.63, 3.8) is 0 Å². The highest BCUT2D eigenvalue weighted by atomic mass is 32.2. The fraction of sp³-hybridized carbons (Fsp3) is 0.310. The Morgan fingerprint density at radius 1 is 1.07 bits per heavy atom. The summed E-state index contributed by atoms with van der Waals surface area (Å²) in [5, 5.41) is 2.86. The standard InChI is InChI=1S/C29H30FN3O7S/c1-33-25-11-10-22(16-28(34)31-19-6-4-7-21(14-19)38-2)40-27(25)17-39-26-12-9-20(15-24(26)29(33)35)32-41(36,37)23-8-3-5-18(30)13-23/h3-9,12-15,22,25,27,32H,10-11,16-17H2,1-2H3,(H,31,34)/t22-,25+,27+/m1/s1. The summed E-state index contributed by atoms with van der Waals surface area (Å²) in [6.07, 6.45) is 0.474. The van der Waals surface area contributed by atoms with Crippen LogP contribution in [0.3, 0.4) is 0 Å². The number of sulfonamides is 1. The van der Waals surface area contributed by atoms with E-state index in [1.807, 2.05) is 0 Å². The number of benzene rings is 3. The molecule has 216 valence electrons. The molecule has 3 aromatic rings. The van der Waals surface area contributed by atoms with Crippen molar-refractivity contribution in [2.75, 3.05) is 30.8 Å². The van der Waals surface area contributed by atoms with Crippen LogP contribution >= 0.6 is 0 Å². The van der Waals surface area contributed by atoms with Gasteiger partial charge in [-0.25, -0.2) is 12.8 Å². The molecular weight excluding hydrogens is 553 g/mol. The predicted molar refractivity (Wildman–Crippen MR) is 149 cm³/mol. The number of halogens is 1. The third-order valence-corrected chi connectivity index (χ3v) is 8.52. The number of rotatable bonds is 7. The van der Waals surface area contributed by atoms with Gasteiger partial charge in [-0.15, -0.1) is 0 Å². The number of hydrogen-bond donors (Lipinski definition) is 2. The van der Waals surface area contributed by atoms with Gasteiger partial charge in [0.15, 0.2) is 0 Å². The highest BCUT2D eigenvalue weighted by molar-refractivity contribution is 7.92. The number of methoxy groups -OCH3 is 1. The number of ether oxygens (including phenoxy) is 3. The molecule has 5 rings (SSSR count). The summed E-state index contributed by atoms with van der Waals surface area (Å²) in [6.45, 7) is 0.137. The van der Waals surface area contributed by atoms with Crippen LogP contribution in [-0.4, -0.2) is 64.1 Å². The highest BCUT2D eigenvalue weighted by Gasteiger charge is 2.39. The largest absolute Gasteiger partial charge is 0.497 e. The molecule has 1 saturated heterocycles. The maximum absolute atomic E-state index is 13.6. The third-order valence-electron chi connectivity index (χ3n) is 7.14. The molecule has 2 amide bonds. The fourth-order valence-corrected chi connectivity index (χ4v) is 6.14. The minimum Gasteiger partial charge on any atom is -0.497 e. The van der Waals surface area contributed by atoms with Gasteiger partial charge in [-0.05, 0) is 61.4 Å². The normalized spacial score (nSPS) is 20.5. The molecule has 12 heteroatoms. The first-order chi connectivity index (χ1) is 19.6. The second kappa shape index (κ2) is 11.8. The summed E-state index contributed by atoms with van der Waals surface area (Å²) in [4.78, 5) is 27.5. The molecule has 10 nitrogen and oxygen atoms in total. The minimum absolute atomic E-state index is 0.137. The molecule has 1 fully saturated rings. The number of likely N-dealkylation sites (N-methyl/N-ethyl adjacent to an activating group) is 1. The number of amides is 2. The van der Waals surface area contributed by atoms with Crippen molar-refractivity contribution in [1.29, 1.82) is 0 Å². The monoisotopic (exact) mass is 583 g/mol. The molecule has 2 heterocycles. The highest BCUT2D eigenvalue weighted by Crippen LogP contribution is 2.33. The van der Waals surface area contributed by atoms with Crippen LogP contribution in [0.4, 0.5) is 15.8 Å². The lowest BCUT2D eigenvalue weighted by atomic mass is 9.94. The van der Waals surface area contributed by atoms with Gasteiger partial charge >= 0.3 is 0 Å². The van der Waals surface area contributed by atoms with Gasteiger partial charge in [0, 0.05) is 24.5 Å². The van der Waals surface area contributed by atoms with E-state index in [4.69, 9.17) is 14.2 Å². The zero-order chi connectivity index (χ0) is 29.1. The Balaban J connectivity index is 1.26. The Kier molecular flexibility index (Phi) is 8.13. The van der Waals surface area contributed by atoms with E-state index >= 15 is 0 Å². The van der Waals surface area contributed by atoms with Gasteiger partial charge in [0.2, 0.25) is 5.91 Å². The van der Waals surface area contributed by atoms with E-state index in [-0.39, 0.29) is 58.9 Å². The number of fused-ring (bicyclic) bond motifs is 2. The number of anilines is 2. The van der Waals surface area contributed by atoms with Crippen molar-refractivity contribution in [1.82, 2.24) is 4.90 Å². The molecule has 2 aliphatic heterocycles. The molecule has 0 unspecified atom stereocenters. The third kappa shape index (κ3) is 6.44. The molecule has 3 aromatic carbocycles. The van der Waals surface area contributed by atoms with Gasteiger partial charge in [-0.2, -0.15) is 0 Å². The Labute approximate surface area is 237 Å². The molecule has 2 N–H and O–H groups in total. The summed E-state index contributed by atoms with van der Waals surface area (Å²) in [5.74, 6) is -0.332. The van der Waals surface area contributed by atoms with Crippen LogP contribution in [0.2, 0.25) is 0 Å². The number of nitrogens with zero attached hydrogens (tertiary/aromatic N) is 1. The molecule has 0 spiro atoms. The maximum Gasteiger partial charge on any atom is 0.261 e. The molecule has 0 aromatic heterocycles. The molecule has 0 radical (unpaired) electrons. The Morgan fingerprint density at radius 2 is 1.88 bits per heavy atom. The lowest BCUT2D eigenvalue weighted by Gasteiger charge is -2.42. The Hall–Kier alpha value is -4.16. The Bertz CT molecular complexity index is 1570. The molecular formula is C29H30FN3O7S.